The zero-order chi connectivity index (χ0) is 40.1. The molecule has 14 nitrogen and oxygen atoms in total. The molecule has 0 spiro atoms. The van der Waals surface area contributed by atoms with Crippen LogP contribution in [0.5, 0.6) is 11.6 Å². The molecule has 1 aromatic heterocycles. The Labute approximate surface area is 314 Å². The number of methoxy groups -OCH3 is 1. The summed E-state index contributed by atoms with van der Waals surface area (Å²) in [5.41, 5.74) is -3.06. The molecule has 0 bridgehead atoms. The lowest BCUT2D eigenvalue weighted by Crippen LogP contribution is -2.59. The molecule has 2 saturated carbocycles. The molecule has 19 heteroatoms. The SMILES string of the molecule is COc1ccc2c(O[C@@H]3C[C@H]4C(=O)N[C@]5(C(=O)NS(=O)(=O)C6(CF)CC6)C[C@H]5C=CCC[C@@H](C)C[C@@H](C)[C@H](NC(=O)O)C(=O)N4C3)nc(C(F)(F)F)cc2c1. The van der Waals surface area contributed by atoms with Gasteiger partial charge >= 0.3 is 12.3 Å². The lowest BCUT2D eigenvalue weighted by atomic mass is 9.88. The molecule has 55 heavy (non-hydrogen) atoms. The molecule has 300 valence electrons. The molecule has 3 fully saturated rings. The summed E-state index contributed by atoms with van der Waals surface area (Å²) in [6, 6.07) is 2.34. The van der Waals surface area contributed by atoms with E-state index >= 15 is 0 Å². The maximum absolute atomic E-state index is 14.4. The van der Waals surface area contributed by atoms with Crippen LogP contribution in [0, 0.1) is 17.8 Å². The van der Waals surface area contributed by atoms with Gasteiger partial charge in [-0.3, -0.25) is 19.1 Å². The van der Waals surface area contributed by atoms with Crippen LogP contribution in [0.15, 0.2) is 36.4 Å². The zero-order valence-corrected chi connectivity index (χ0v) is 31.1. The third kappa shape index (κ3) is 8.02. The number of allylic oxidation sites excluding steroid dienone is 1. The van der Waals surface area contributed by atoms with E-state index in [0.717, 1.165) is 11.0 Å². The van der Waals surface area contributed by atoms with Crippen LogP contribution in [0.25, 0.3) is 10.8 Å². The van der Waals surface area contributed by atoms with E-state index in [9.17, 15) is 50.3 Å². The van der Waals surface area contributed by atoms with Gasteiger partial charge in [0.15, 0.2) is 0 Å². The second-order valence-corrected chi connectivity index (χ2v) is 17.2. The first-order chi connectivity index (χ1) is 25.8. The molecule has 2 aromatic rings. The number of benzene rings is 1. The van der Waals surface area contributed by atoms with Gasteiger partial charge in [-0.25, -0.2) is 22.6 Å². The fourth-order valence-corrected chi connectivity index (χ4v) is 9.03. The molecule has 0 radical (unpaired) electrons. The third-order valence-electron chi connectivity index (χ3n) is 11.1. The largest absolute Gasteiger partial charge is 0.497 e. The van der Waals surface area contributed by atoms with Gasteiger partial charge in [-0.15, -0.1) is 0 Å². The quantitative estimate of drug-likeness (QED) is 0.224. The maximum Gasteiger partial charge on any atom is 0.433 e. The summed E-state index contributed by atoms with van der Waals surface area (Å²) in [4.78, 5) is 59.2. The molecule has 1 saturated heterocycles. The van der Waals surface area contributed by atoms with Crippen molar-refractivity contribution in [3.8, 4) is 11.6 Å². The standard InChI is InChI=1S/C36H43F4N5O9S/c1-19-6-4-5-7-22-16-35(22,32(48)44-55(51,52)34(18-37)10-11-34)43-29(46)26-15-24(17-45(26)31(47)28(20(2)12-19)42-33(49)50)54-30-25-9-8-23(53-3)13-21(25)14-27(41-30)36(38,39)40/h5,7-9,13-14,19-20,22,24,26,28,42H,4,6,10-12,15-18H2,1-3H3,(H,43,46)(H,44,48)(H,49,50)/t19-,20-,22-,24-,26+,28+,35-/m1/s1. The van der Waals surface area contributed by atoms with Crippen LogP contribution in [0.3, 0.4) is 0 Å². The number of hydrogen-bond donors (Lipinski definition) is 4. The van der Waals surface area contributed by atoms with Gasteiger partial charge < -0.3 is 30.1 Å². The summed E-state index contributed by atoms with van der Waals surface area (Å²) in [5, 5.41) is 14.9. The van der Waals surface area contributed by atoms with E-state index in [1.54, 1.807) is 19.1 Å². The molecular formula is C36H43F4N5O9S. The van der Waals surface area contributed by atoms with Crippen LogP contribution in [-0.4, -0.2) is 96.0 Å². The fourth-order valence-electron chi connectivity index (χ4n) is 7.61. The first kappa shape index (κ1) is 40.0. The number of carbonyl (C=O) groups excluding carboxylic acids is 3. The highest BCUT2D eigenvalue weighted by Crippen LogP contribution is 2.48. The Kier molecular flexibility index (Phi) is 10.7. The molecule has 1 aromatic carbocycles. The Hall–Kier alpha value is -4.68. The number of carbonyl (C=O) groups is 4. The average Bonchev–Trinajstić information content (AvgIpc) is 4.02. The van der Waals surface area contributed by atoms with Crippen molar-refractivity contribution in [1.29, 1.82) is 0 Å². The number of nitrogens with zero attached hydrogens (tertiary/aromatic N) is 2. The Morgan fingerprint density at radius 3 is 2.51 bits per heavy atom. The van der Waals surface area contributed by atoms with Gasteiger partial charge in [-0.2, -0.15) is 13.2 Å². The van der Waals surface area contributed by atoms with Crippen LogP contribution in [0.2, 0.25) is 0 Å². The van der Waals surface area contributed by atoms with Crippen molar-refractivity contribution in [2.24, 2.45) is 17.8 Å². The van der Waals surface area contributed by atoms with Gasteiger partial charge in [0, 0.05) is 17.7 Å². The first-order valence-corrected chi connectivity index (χ1v) is 19.5. The predicted molar refractivity (Wildman–Crippen MR) is 188 cm³/mol. The van der Waals surface area contributed by atoms with Gasteiger partial charge in [-0.05, 0) is 80.0 Å². The van der Waals surface area contributed by atoms with Crippen LogP contribution < -0.4 is 24.8 Å². The molecule has 7 atom stereocenters. The number of rotatable bonds is 8. The van der Waals surface area contributed by atoms with Crippen molar-refractivity contribution < 1.29 is 59.7 Å². The van der Waals surface area contributed by atoms with Gasteiger partial charge in [0.2, 0.25) is 27.7 Å². The Bertz CT molecular complexity index is 2010. The van der Waals surface area contributed by atoms with E-state index in [1.165, 1.54) is 25.3 Å². The van der Waals surface area contributed by atoms with Gasteiger partial charge in [-0.1, -0.05) is 26.0 Å². The Balaban J connectivity index is 1.37. The number of carboxylic acid groups (broad SMARTS) is 1. The summed E-state index contributed by atoms with van der Waals surface area (Å²) < 4.78 is 93.4. The normalized spacial score (nSPS) is 29.5. The number of hydrogen-bond acceptors (Lipinski definition) is 9. The summed E-state index contributed by atoms with van der Waals surface area (Å²) in [6.07, 6.45) is -2.78. The Morgan fingerprint density at radius 2 is 1.87 bits per heavy atom. The lowest BCUT2D eigenvalue weighted by Gasteiger charge is -2.32. The molecular weight excluding hydrogens is 754 g/mol. The molecule has 2 aliphatic carbocycles. The summed E-state index contributed by atoms with van der Waals surface area (Å²) in [6.45, 7) is 2.03. The third-order valence-corrected chi connectivity index (χ3v) is 13.2. The molecule has 4 aliphatic rings. The van der Waals surface area contributed by atoms with Crippen LogP contribution >= 0.6 is 0 Å². The lowest BCUT2D eigenvalue weighted by molar-refractivity contribution is -0.142. The molecule has 2 aliphatic heterocycles. The Morgan fingerprint density at radius 1 is 1.15 bits per heavy atom. The number of alkyl halides is 4. The van der Waals surface area contributed by atoms with E-state index in [1.807, 2.05) is 11.6 Å². The minimum atomic E-state index is -4.87. The van der Waals surface area contributed by atoms with Crippen LogP contribution in [0.4, 0.5) is 22.4 Å². The van der Waals surface area contributed by atoms with E-state index < -0.39 is 98.6 Å². The van der Waals surface area contributed by atoms with E-state index in [4.69, 9.17) is 9.47 Å². The summed E-state index contributed by atoms with van der Waals surface area (Å²) in [5.74, 6) is -4.21. The monoisotopic (exact) mass is 797 g/mol. The number of halogens is 4. The molecule has 4 amide bonds. The van der Waals surface area contributed by atoms with Crippen molar-refractivity contribution in [2.45, 2.75) is 93.4 Å². The number of nitrogens with one attached hydrogen (secondary N) is 3. The second kappa shape index (κ2) is 14.8. The zero-order valence-electron chi connectivity index (χ0n) is 30.3. The fraction of sp³-hybridized carbons (Fsp3) is 0.583. The molecule has 3 heterocycles. The van der Waals surface area contributed by atoms with Crippen molar-refractivity contribution in [3.63, 3.8) is 0 Å². The molecule has 4 N–H and O–H groups in total. The topological polar surface area (TPSA) is 193 Å². The number of pyridine rings is 1. The number of fused-ring (bicyclic) bond motifs is 3. The van der Waals surface area contributed by atoms with Crippen molar-refractivity contribution in [1.82, 2.24) is 25.2 Å². The average molecular weight is 798 g/mol. The predicted octanol–water partition coefficient (Wildman–Crippen LogP) is 4.08. The van der Waals surface area contributed by atoms with E-state index in [-0.39, 0.29) is 54.7 Å². The van der Waals surface area contributed by atoms with Crippen molar-refractivity contribution in [2.75, 3.05) is 20.3 Å². The molecule has 6 rings (SSSR count). The van der Waals surface area contributed by atoms with Crippen LogP contribution in [-0.2, 0) is 30.6 Å². The number of ether oxygens (including phenoxy) is 2. The summed E-state index contributed by atoms with van der Waals surface area (Å²) in [7, 11) is -3.13. The number of amides is 4. The first-order valence-electron chi connectivity index (χ1n) is 18.0. The molecule has 0 unspecified atom stereocenters. The number of aromatic nitrogens is 1. The van der Waals surface area contributed by atoms with E-state index in [2.05, 4.69) is 15.6 Å². The van der Waals surface area contributed by atoms with Gasteiger partial charge in [0.05, 0.1) is 13.7 Å². The minimum absolute atomic E-state index is 0.00684. The van der Waals surface area contributed by atoms with Crippen LogP contribution in [0.1, 0.15) is 64.5 Å². The highest BCUT2D eigenvalue weighted by Gasteiger charge is 2.64. The smallest absolute Gasteiger partial charge is 0.433 e. The number of sulfonamides is 1. The van der Waals surface area contributed by atoms with Gasteiger partial charge in [0.1, 0.15) is 46.6 Å². The maximum atomic E-state index is 14.4. The summed E-state index contributed by atoms with van der Waals surface area (Å²) >= 11 is 0. The van der Waals surface area contributed by atoms with E-state index in [0.29, 0.717) is 19.3 Å². The minimum Gasteiger partial charge on any atom is -0.497 e. The highest BCUT2D eigenvalue weighted by molar-refractivity contribution is 7.91. The van der Waals surface area contributed by atoms with Crippen molar-refractivity contribution in [3.05, 3.63) is 42.1 Å². The van der Waals surface area contributed by atoms with Crippen molar-refractivity contribution >= 4 is 44.6 Å². The van der Waals surface area contributed by atoms with Gasteiger partial charge in [0.25, 0.3) is 5.91 Å². The highest BCUT2D eigenvalue weighted by atomic mass is 32.2. The second-order valence-electron chi connectivity index (χ2n) is 15.2.